The number of hydrogen-bond donors (Lipinski definition) is 3. The molecule has 3 N–H and O–H groups in total. The van der Waals surface area contributed by atoms with Crippen molar-refractivity contribution in [3.05, 3.63) is 53.6 Å². The Kier molecular flexibility index (Phi) is 8.46. The number of carbonyl (C=O) groups is 3. The van der Waals surface area contributed by atoms with Gasteiger partial charge in [-0.15, -0.1) is 0 Å². The van der Waals surface area contributed by atoms with E-state index in [1.165, 1.54) is 14.2 Å². The SMILES string of the molecule is COc1cc(OC)cc(C(=O)Nc2ccc(CNC(=O)CNC(=O)OC(C)(C)C)cc2)c1. The summed E-state index contributed by atoms with van der Waals surface area (Å²) in [5, 5.41) is 7.91. The monoisotopic (exact) mass is 443 g/mol. The third-order valence-corrected chi connectivity index (χ3v) is 4.11. The first-order valence-corrected chi connectivity index (χ1v) is 9.96. The van der Waals surface area contributed by atoms with Crippen LogP contribution in [0, 0.1) is 0 Å². The molecule has 2 rings (SSSR count). The molecule has 3 amide bonds. The van der Waals surface area contributed by atoms with Crippen LogP contribution in [0.4, 0.5) is 10.5 Å². The Morgan fingerprint density at radius 2 is 1.47 bits per heavy atom. The number of ether oxygens (including phenoxy) is 3. The molecule has 0 aliphatic carbocycles. The van der Waals surface area contributed by atoms with Crippen LogP contribution in [0.15, 0.2) is 42.5 Å². The molecule has 2 aromatic carbocycles. The van der Waals surface area contributed by atoms with Gasteiger partial charge in [0.05, 0.1) is 14.2 Å². The summed E-state index contributed by atoms with van der Waals surface area (Å²) in [5.74, 6) is 0.375. The van der Waals surface area contributed by atoms with Gasteiger partial charge in [-0.05, 0) is 50.6 Å². The molecule has 0 aromatic heterocycles. The van der Waals surface area contributed by atoms with Crippen molar-refractivity contribution in [2.75, 3.05) is 26.1 Å². The van der Waals surface area contributed by atoms with E-state index in [-0.39, 0.29) is 24.9 Å². The Labute approximate surface area is 187 Å². The fourth-order valence-corrected chi connectivity index (χ4v) is 2.58. The van der Waals surface area contributed by atoms with Crippen LogP contribution in [-0.4, -0.2) is 44.3 Å². The van der Waals surface area contributed by atoms with Gasteiger partial charge in [0, 0.05) is 23.9 Å². The van der Waals surface area contributed by atoms with E-state index < -0.39 is 11.7 Å². The fraction of sp³-hybridized carbons (Fsp3) is 0.348. The normalized spacial score (nSPS) is 10.7. The number of rotatable bonds is 8. The van der Waals surface area contributed by atoms with Gasteiger partial charge in [0.15, 0.2) is 0 Å². The van der Waals surface area contributed by atoms with E-state index >= 15 is 0 Å². The average Bonchev–Trinajstić information content (AvgIpc) is 2.75. The minimum atomic E-state index is -0.651. The summed E-state index contributed by atoms with van der Waals surface area (Å²) in [6.45, 7) is 5.31. The number of anilines is 1. The predicted molar refractivity (Wildman–Crippen MR) is 120 cm³/mol. The summed E-state index contributed by atoms with van der Waals surface area (Å²) in [6.07, 6.45) is -0.651. The van der Waals surface area contributed by atoms with E-state index in [2.05, 4.69) is 16.0 Å². The summed E-state index contributed by atoms with van der Waals surface area (Å²) >= 11 is 0. The van der Waals surface area contributed by atoms with E-state index in [1.54, 1.807) is 63.2 Å². The van der Waals surface area contributed by atoms with Crippen LogP contribution in [0.25, 0.3) is 0 Å². The largest absolute Gasteiger partial charge is 0.497 e. The second-order valence-electron chi connectivity index (χ2n) is 7.88. The zero-order valence-corrected chi connectivity index (χ0v) is 18.9. The molecule has 0 atom stereocenters. The van der Waals surface area contributed by atoms with E-state index in [9.17, 15) is 14.4 Å². The van der Waals surface area contributed by atoms with Gasteiger partial charge < -0.3 is 30.2 Å². The van der Waals surface area contributed by atoms with Crippen molar-refractivity contribution in [3.63, 3.8) is 0 Å². The second-order valence-corrected chi connectivity index (χ2v) is 7.88. The Bertz CT molecular complexity index is 929. The number of amides is 3. The van der Waals surface area contributed by atoms with Crippen LogP contribution in [0.2, 0.25) is 0 Å². The molecule has 0 aliphatic rings. The molecular weight excluding hydrogens is 414 g/mol. The summed E-state index contributed by atoms with van der Waals surface area (Å²) in [6, 6.07) is 11.9. The maximum atomic E-state index is 12.5. The molecule has 0 radical (unpaired) electrons. The third-order valence-electron chi connectivity index (χ3n) is 4.11. The smallest absolute Gasteiger partial charge is 0.408 e. The maximum Gasteiger partial charge on any atom is 0.408 e. The van der Waals surface area contributed by atoms with Gasteiger partial charge in [-0.25, -0.2) is 4.79 Å². The lowest BCUT2D eigenvalue weighted by Crippen LogP contribution is -2.39. The highest BCUT2D eigenvalue weighted by atomic mass is 16.6. The molecule has 0 unspecified atom stereocenters. The van der Waals surface area contributed by atoms with Crippen molar-refractivity contribution in [2.24, 2.45) is 0 Å². The molecule has 0 saturated carbocycles. The lowest BCUT2D eigenvalue weighted by Gasteiger charge is -2.19. The van der Waals surface area contributed by atoms with Crippen molar-refractivity contribution < 1.29 is 28.6 Å². The Balaban J connectivity index is 1.85. The molecule has 2 aromatic rings. The van der Waals surface area contributed by atoms with Crippen LogP contribution >= 0.6 is 0 Å². The van der Waals surface area contributed by atoms with Crippen LogP contribution < -0.4 is 25.4 Å². The second kappa shape index (κ2) is 11.0. The lowest BCUT2D eigenvalue weighted by atomic mass is 10.1. The van der Waals surface area contributed by atoms with E-state index in [4.69, 9.17) is 14.2 Å². The van der Waals surface area contributed by atoms with Crippen LogP contribution in [-0.2, 0) is 16.1 Å². The maximum absolute atomic E-state index is 12.5. The van der Waals surface area contributed by atoms with Gasteiger partial charge in [-0.2, -0.15) is 0 Å². The molecule has 32 heavy (non-hydrogen) atoms. The van der Waals surface area contributed by atoms with Crippen molar-refractivity contribution in [1.29, 1.82) is 0 Å². The third kappa shape index (κ3) is 8.17. The lowest BCUT2D eigenvalue weighted by molar-refractivity contribution is -0.120. The fourth-order valence-electron chi connectivity index (χ4n) is 2.58. The molecule has 0 heterocycles. The van der Waals surface area contributed by atoms with Gasteiger partial charge in [0.1, 0.15) is 23.6 Å². The first-order chi connectivity index (χ1) is 15.1. The Morgan fingerprint density at radius 3 is 2.00 bits per heavy atom. The molecule has 172 valence electrons. The van der Waals surface area contributed by atoms with Gasteiger partial charge in [0.25, 0.3) is 5.91 Å². The minimum Gasteiger partial charge on any atom is -0.497 e. The highest BCUT2D eigenvalue weighted by molar-refractivity contribution is 6.04. The standard InChI is InChI=1S/C23H29N3O6/c1-23(2,3)32-22(29)25-14-20(27)24-13-15-6-8-17(9-7-15)26-21(28)16-10-18(30-4)12-19(11-16)31-5/h6-12H,13-14H2,1-5H3,(H,24,27)(H,25,29)(H,26,28). The summed E-state index contributed by atoms with van der Waals surface area (Å²) in [5.41, 5.74) is 1.20. The zero-order valence-electron chi connectivity index (χ0n) is 18.9. The van der Waals surface area contributed by atoms with E-state index in [0.29, 0.717) is 22.7 Å². The molecular formula is C23H29N3O6. The van der Waals surface area contributed by atoms with Crippen LogP contribution in [0.1, 0.15) is 36.7 Å². The van der Waals surface area contributed by atoms with Gasteiger partial charge >= 0.3 is 6.09 Å². The van der Waals surface area contributed by atoms with E-state index in [1.807, 2.05) is 0 Å². The molecule has 0 aliphatic heterocycles. The number of methoxy groups -OCH3 is 2. The number of benzene rings is 2. The Morgan fingerprint density at radius 1 is 0.875 bits per heavy atom. The van der Waals surface area contributed by atoms with Crippen LogP contribution in [0.3, 0.4) is 0 Å². The first-order valence-electron chi connectivity index (χ1n) is 9.96. The van der Waals surface area contributed by atoms with Gasteiger partial charge in [-0.1, -0.05) is 12.1 Å². The van der Waals surface area contributed by atoms with Crippen molar-refractivity contribution >= 4 is 23.6 Å². The molecule has 0 saturated heterocycles. The van der Waals surface area contributed by atoms with Gasteiger partial charge in [-0.3, -0.25) is 9.59 Å². The average molecular weight is 444 g/mol. The van der Waals surface area contributed by atoms with Crippen molar-refractivity contribution in [3.8, 4) is 11.5 Å². The number of nitrogens with one attached hydrogen (secondary N) is 3. The minimum absolute atomic E-state index is 0.187. The molecule has 9 nitrogen and oxygen atoms in total. The van der Waals surface area contributed by atoms with Gasteiger partial charge in [0.2, 0.25) is 5.91 Å². The summed E-state index contributed by atoms with van der Waals surface area (Å²) < 4.78 is 15.4. The molecule has 0 fully saturated rings. The summed E-state index contributed by atoms with van der Waals surface area (Å²) in [4.78, 5) is 36.0. The highest BCUT2D eigenvalue weighted by Gasteiger charge is 2.16. The topological polar surface area (TPSA) is 115 Å². The molecule has 9 heteroatoms. The van der Waals surface area contributed by atoms with Crippen molar-refractivity contribution in [2.45, 2.75) is 32.9 Å². The predicted octanol–water partition coefficient (Wildman–Crippen LogP) is 3.10. The number of hydrogen-bond acceptors (Lipinski definition) is 6. The number of carbonyl (C=O) groups excluding carboxylic acids is 3. The first kappa shape index (κ1) is 24.5. The summed E-state index contributed by atoms with van der Waals surface area (Å²) in [7, 11) is 3.03. The number of alkyl carbamates (subject to hydrolysis) is 1. The molecule has 0 bridgehead atoms. The highest BCUT2D eigenvalue weighted by Crippen LogP contribution is 2.23. The van der Waals surface area contributed by atoms with Crippen LogP contribution in [0.5, 0.6) is 11.5 Å². The molecule has 0 spiro atoms. The van der Waals surface area contributed by atoms with Crippen molar-refractivity contribution in [1.82, 2.24) is 10.6 Å². The van der Waals surface area contributed by atoms with E-state index in [0.717, 1.165) is 5.56 Å². The zero-order chi connectivity index (χ0) is 23.7. The quantitative estimate of drug-likeness (QED) is 0.578. The Hall–Kier alpha value is -3.75.